The Hall–Kier alpha value is 0.180. The van der Waals surface area contributed by atoms with Crippen LogP contribution in [-0.2, 0) is 4.74 Å². The Morgan fingerprint density at radius 3 is 2.65 bits per heavy atom. The van der Waals surface area contributed by atoms with E-state index < -0.39 is 12.8 Å². The molecule has 8 heteroatoms. The molecule has 1 unspecified atom stereocenters. The molecule has 0 amide bonds. The third-order valence-electron chi connectivity index (χ3n) is 1.91. The molecule has 1 rings (SSSR count). The average Bonchev–Trinajstić information content (AvgIpc) is 2.52. The van der Waals surface area contributed by atoms with E-state index in [0.29, 0.717) is 5.02 Å². The first-order valence-corrected chi connectivity index (χ1v) is 6.58. The van der Waals surface area contributed by atoms with Gasteiger partial charge in [0.25, 0.3) is 0 Å². The monoisotopic (exact) mass is 351 g/mol. The van der Waals surface area contributed by atoms with E-state index in [1.165, 1.54) is 11.3 Å². The summed E-state index contributed by atoms with van der Waals surface area (Å²) in [4.78, 5) is 0.826. The number of rotatable bonds is 5. The number of ether oxygens (including phenoxy) is 1. The number of hydrogen-bond acceptors (Lipinski definition) is 3. The zero-order valence-electron chi connectivity index (χ0n) is 8.78. The molecule has 0 aromatic carbocycles. The minimum atomic E-state index is -4.30. The van der Waals surface area contributed by atoms with Gasteiger partial charge in [0.2, 0.25) is 0 Å². The van der Waals surface area contributed by atoms with Crippen LogP contribution in [0.3, 0.4) is 0 Å². The third-order valence-corrected chi connectivity index (χ3v) is 4.49. The number of likely N-dealkylation sites (N-methyl/N-ethyl adjacent to an activating group) is 1. The molecule has 0 saturated heterocycles. The van der Waals surface area contributed by atoms with E-state index in [1.807, 2.05) is 0 Å². The van der Waals surface area contributed by atoms with Gasteiger partial charge in [0.1, 0.15) is 6.61 Å². The molecule has 1 heterocycles. The van der Waals surface area contributed by atoms with Crippen molar-refractivity contribution in [3.05, 3.63) is 19.8 Å². The largest absolute Gasteiger partial charge is 0.411 e. The molecule has 0 bridgehead atoms. The van der Waals surface area contributed by atoms with Crippen LogP contribution in [0.25, 0.3) is 0 Å². The van der Waals surface area contributed by atoms with E-state index in [4.69, 9.17) is 11.6 Å². The van der Waals surface area contributed by atoms with Crippen LogP contribution >= 0.6 is 38.9 Å². The predicted molar refractivity (Wildman–Crippen MR) is 65.7 cm³/mol. The molecule has 98 valence electrons. The van der Waals surface area contributed by atoms with Crippen LogP contribution in [0, 0.1) is 0 Å². The van der Waals surface area contributed by atoms with Crippen molar-refractivity contribution < 1.29 is 17.9 Å². The molecule has 0 aliphatic rings. The molecule has 17 heavy (non-hydrogen) atoms. The Morgan fingerprint density at radius 1 is 1.59 bits per heavy atom. The Balaban J connectivity index is 2.54. The average molecular weight is 353 g/mol. The summed E-state index contributed by atoms with van der Waals surface area (Å²) in [5, 5.41) is 3.43. The zero-order chi connectivity index (χ0) is 13.1. The van der Waals surface area contributed by atoms with Crippen molar-refractivity contribution in [3.63, 3.8) is 0 Å². The summed E-state index contributed by atoms with van der Waals surface area (Å²) in [6, 6.07) is 1.40. The quantitative estimate of drug-likeness (QED) is 0.865. The highest BCUT2D eigenvalue weighted by molar-refractivity contribution is 9.11. The van der Waals surface area contributed by atoms with Crippen LogP contribution in [0.2, 0.25) is 5.02 Å². The molecule has 0 fully saturated rings. The van der Waals surface area contributed by atoms with Gasteiger partial charge in [0.05, 0.1) is 21.5 Å². The first-order valence-electron chi connectivity index (χ1n) is 4.60. The van der Waals surface area contributed by atoms with Crippen molar-refractivity contribution in [2.75, 3.05) is 20.3 Å². The maximum Gasteiger partial charge on any atom is 0.411 e. The van der Waals surface area contributed by atoms with Gasteiger partial charge in [-0.1, -0.05) is 11.6 Å². The van der Waals surface area contributed by atoms with Crippen molar-refractivity contribution in [2.24, 2.45) is 0 Å². The topological polar surface area (TPSA) is 21.3 Å². The van der Waals surface area contributed by atoms with Crippen LogP contribution in [0.5, 0.6) is 0 Å². The summed E-state index contributed by atoms with van der Waals surface area (Å²) in [6.07, 6.45) is -4.30. The summed E-state index contributed by atoms with van der Waals surface area (Å²) in [7, 11) is 1.66. The summed E-state index contributed by atoms with van der Waals surface area (Å²) >= 11 is 10.5. The number of thiophene rings is 1. The second-order valence-corrected chi connectivity index (χ2v) is 6.05. The summed E-state index contributed by atoms with van der Waals surface area (Å²) in [5.74, 6) is 0. The normalized spacial score (nSPS) is 14.0. The SMILES string of the molecule is CNC(COCC(F)(F)F)c1cc(Cl)c(Br)s1. The first-order chi connectivity index (χ1) is 7.83. The molecule has 1 atom stereocenters. The van der Waals surface area contributed by atoms with E-state index in [2.05, 4.69) is 26.0 Å². The Kier molecular flexibility index (Phi) is 5.72. The second-order valence-electron chi connectivity index (χ2n) is 3.24. The van der Waals surface area contributed by atoms with Crippen LogP contribution in [0.4, 0.5) is 13.2 Å². The Labute approximate surface area is 114 Å². The van der Waals surface area contributed by atoms with Crippen LogP contribution in [-0.4, -0.2) is 26.4 Å². The Bertz CT molecular complexity index is 352. The Morgan fingerprint density at radius 2 is 2.24 bits per heavy atom. The van der Waals surface area contributed by atoms with Crippen LogP contribution in [0.1, 0.15) is 10.9 Å². The first kappa shape index (κ1) is 15.2. The van der Waals surface area contributed by atoms with Gasteiger partial charge >= 0.3 is 6.18 Å². The minimum Gasteiger partial charge on any atom is -0.370 e. The molecule has 1 aromatic rings. The van der Waals surface area contributed by atoms with E-state index in [0.717, 1.165) is 8.66 Å². The van der Waals surface area contributed by atoms with Crippen molar-refractivity contribution in [1.82, 2.24) is 5.32 Å². The maximum atomic E-state index is 11.9. The van der Waals surface area contributed by atoms with Crippen molar-refractivity contribution in [2.45, 2.75) is 12.2 Å². The van der Waals surface area contributed by atoms with E-state index >= 15 is 0 Å². The van der Waals surface area contributed by atoms with Gasteiger partial charge in [-0.3, -0.25) is 0 Å². The van der Waals surface area contributed by atoms with Crippen molar-refractivity contribution >= 4 is 38.9 Å². The molecule has 1 N–H and O–H groups in total. The standard InChI is InChI=1S/C9H10BrClF3NOS/c1-15-6(3-16-4-9(12,13)14)7-2-5(11)8(10)17-7/h2,6,15H,3-4H2,1H3. The minimum absolute atomic E-state index is 0.0563. The highest BCUT2D eigenvalue weighted by Gasteiger charge is 2.28. The van der Waals surface area contributed by atoms with Gasteiger partial charge in [-0.2, -0.15) is 13.2 Å². The molecule has 0 aliphatic carbocycles. The predicted octanol–water partition coefficient (Wildman–Crippen LogP) is 4.00. The number of hydrogen-bond donors (Lipinski definition) is 1. The van der Waals surface area contributed by atoms with Gasteiger partial charge in [-0.25, -0.2) is 0 Å². The van der Waals surface area contributed by atoms with Gasteiger partial charge in [-0.05, 0) is 29.0 Å². The highest BCUT2D eigenvalue weighted by atomic mass is 79.9. The van der Waals surface area contributed by atoms with Crippen molar-refractivity contribution in [1.29, 1.82) is 0 Å². The highest BCUT2D eigenvalue weighted by Crippen LogP contribution is 2.35. The second kappa shape index (κ2) is 6.38. The lowest BCUT2D eigenvalue weighted by molar-refractivity contribution is -0.175. The zero-order valence-corrected chi connectivity index (χ0v) is 11.9. The van der Waals surface area contributed by atoms with Crippen LogP contribution < -0.4 is 5.32 Å². The van der Waals surface area contributed by atoms with E-state index in [-0.39, 0.29) is 12.6 Å². The molecule has 2 nitrogen and oxygen atoms in total. The number of alkyl halides is 3. The molecule has 0 spiro atoms. The molecular formula is C9H10BrClF3NOS. The smallest absolute Gasteiger partial charge is 0.370 e. The number of nitrogens with one attached hydrogen (secondary N) is 1. The summed E-state index contributed by atoms with van der Waals surface area (Å²) in [5.41, 5.74) is 0. The molecule has 0 aliphatic heterocycles. The van der Waals surface area contributed by atoms with Gasteiger partial charge < -0.3 is 10.1 Å². The van der Waals surface area contributed by atoms with Gasteiger partial charge in [-0.15, -0.1) is 11.3 Å². The van der Waals surface area contributed by atoms with Gasteiger partial charge in [0.15, 0.2) is 0 Å². The summed E-state index contributed by atoms with van der Waals surface area (Å²) in [6.45, 7) is -1.30. The van der Waals surface area contributed by atoms with E-state index in [9.17, 15) is 13.2 Å². The lowest BCUT2D eigenvalue weighted by Crippen LogP contribution is -2.25. The van der Waals surface area contributed by atoms with E-state index in [1.54, 1.807) is 13.1 Å². The van der Waals surface area contributed by atoms with Gasteiger partial charge in [0, 0.05) is 4.88 Å². The fourth-order valence-corrected chi connectivity index (χ4v) is 2.98. The molecule has 1 aromatic heterocycles. The third kappa shape index (κ3) is 5.13. The fraction of sp³-hybridized carbons (Fsp3) is 0.556. The number of halogens is 5. The summed E-state index contributed by atoms with van der Waals surface area (Å²) < 4.78 is 41.1. The molecule has 0 saturated carbocycles. The van der Waals surface area contributed by atoms with Crippen molar-refractivity contribution in [3.8, 4) is 0 Å². The lowest BCUT2D eigenvalue weighted by atomic mass is 10.2. The molecule has 0 radical (unpaired) electrons. The maximum absolute atomic E-state index is 11.9. The molecular weight excluding hydrogens is 343 g/mol. The fourth-order valence-electron chi connectivity index (χ4n) is 1.14. The van der Waals surface area contributed by atoms with Crippen LogP contribution in [0.15, 0.2) is 9.85 Å². The lowest BCUT2D eigenvalue weighted by Gasteiger charge is -2.15.